The second-order valence-electron chi connectivity index (χ2n) is 7.42. The van der Waals surface area contributed by atoms with E-state index in [0.717, 1.165) is 13.1 Å². The number of likely N-dealkylation sites (N-methyl/N-ethyl adjacent to an activating group) is 1. The number of hydrogen-bond acceptors (Lipinski definition) is 6. The Bertz CT molecular complexity index is 680. The number of benzene rings is 1. The van der Waals surface area contributed by atoms with Crippen LogP contribution in [-0.4, -0.2) is 43.4 Å². The quantitative estimate of drug-likeness (QED) is 0.507. The van der Waals surface area contributed by atoms with E-state index >= 15 is 0 Å². The molecule has 140 valence electrons. The summed E-state index contributed by atoms with van der Waals surface area (Å²) in [6.45, 7) is 3.16. The maximum atomic E-state index is 12.7. The second-order valence-corrected chi connectivity index (χ2v) is 7.42. The van der Waals surface area contributed by atoms with E-state index < -0.39 is 7.12 Å². The van der Waals surface area contributed by atoms with Crippen LogP contribution in [0, 0.1) is 0 Å². The molecule has 0 radical (unpaired) electrons. The van der Waals surface area contributed by atoms with Crippen LogP contribution in [0.3, 0.4) is 0 Å². The van der Waals surface area contributed by atoms with E-state index in [1.807, 2.05) is 25.2 Å². The molecule has 2 aliphatic rings. The molecule has 0 spiro atoms. The van der Waals surface area contributed by atoms with E-state index in [2.05, 4.69) is 10.6 Å². The Morgan fingerprint density at radius 1 is 1.35 bits per heavy atom. The van der Waals surface area contributed by atoms with Gasteiger partial charge in [0, 0.05) is 49.5 Å². The highest BCUT2D eigenvalue weighted by Gasteiger charge is 2.36. The fraction of sp³-hybridized carbons (Fsp3) is 0.579. The molecule has 26 heavy (non-hydrogen) atoms. The molecule has 1 unspecified atom stereocenters. The minimum atomic E-state index is -0.981. The van der Waals surface area contributed by atoms with Crippen LogP contribution in [0.5, 0.6) is 0 Å². The summed E-state index contributed by atoms with van der Waals surface area (Å²) in [6.07, 6.45) is 1.74. The number of carbonyl (C=O) groups excluding carboxylic acids is 2. The van der Waals surface area contributed by atoms with Crippen molar-refractivity contribution in [3.8, 4) is 0 Å². The number of nitrogens with one attached hydrogen (secondary N) is 2. The van der Waals surface area contributed by atoms with E-state index in [1.165, 1.54) is 18.1 Å². The third-order valence-corrected chi connectivity index (χ3v) is 5.35. The minimum absolute atomic E-state index is 0.0283. The maximum absolute atomic E-state index is 12.7. The lowest BCUT2D eigenvalue weighted by Gasteiger charge is -2.30. The van der Waals surface area contributed by atoms with Gasteiger partial charge in [0.25, 0.3) is 0 Å². The molecular weight excluding hydrogens is 331 g/mol. The van der Waals surface area contributed by atoms with Crippen LogP contribution in [0.4, 0.5) is 0 Å². The van der Waals surface area contributed by atoms with Crippen LogP contribution in [0.2, 0.25) is 5.82 Å². The Hall–Kier alpha value is -1.54. The second kappa shape index (κ2) is 8.44. The monoisotopic (exact) mass is 358 g/mol. The van der Waals surface area contributed by atoms with Gasteiger partial charge in [-0.05, 0) is 44.0 Å². The predicted octanol–water partition coefficient (Wildman–Crippen LogP) is 1.63. The first-order valence-corrected chi connectivity index (χ1v) is 9.35. The smallest absolute Gasteiger partial charge is 0.427 e. The van der Waals surface area contributed by atoms with Crippen LogP contribution in [0.25, 0.3) is 0 Å². The lowest BCUT2D eigenvalue weighted by Crippen LogP contribution is -2.37. The van der Waals surface area contributed by atoms with Crippen molar-refractivity contribution in [2.45, 2.75) is 57.1 Å². The molecule has 7 heteroatoms. The molecule has 1 fully saturated rings. The molecule has 1 aromatic rings. The van der Waals surface area contributed by atoms with Crippen LogP contribution in [0.1, 0.15) is 60.1 Å². The highest BCUT2D eigenvalue weighted by atomic mass is 16.5. The predicted molar refractivity (Wildman–Crippen MR) is 100 cm³/mol. The van der Waals surface area contributed by atoms with Crippen molar-refractivity contribution in [3.05, 3.63) is 34.9 Å². The molecule has 3 atom stereocenters. The molecule has 1 saturated heterocycles. The van der Waals surface area contributed by atoms with Gasteiger partial charge in [-0.2, -0.15) is 0 Å². The normalized spacial score (nSPS) is 25.2. The Morgan fingerprint density at radius 3 is 2.85 bits per heavy atom. The summed E-state index contributed by atoms with van der Waals surface area (Å²) in [4.78, 5) is 23.9. The Morgan fingerprint density at radius 2 is 2.15 bits per heavy atom. The van der Waals surface area contributed by atoms with Gasteiger partial charge in [-0.15, -0.1) is 0 Å². The van der Waals surface area contributed by atoms with Gasteiger partial charge >= 0.3 is 7.12 Å². The summed E-state index contributed by atoms with van der Waals surface area (Å²) < 4.78 is 5.53. The summed E-state index contributed by atoms with van der Waals surface area (Å²) in [7, 11) is 0.934. The third kappa shape index (κ3) is 4.41. The van der Waals surface area contributed by atoms with Gasteiger partial charge in [0.1, 0.15) is 5.78 Å². The van der Waals surface area contributed by atoms with Crippen LogP contribution >= 0.6 is 0 Å². The topological polar surface area (TPSA) is 87.7 Å². The van der Waals surface area contributed by atoms with Crippen molar-refractivity contribution in [3.63, 3.8) is 0 Å². The van der Waals surface area contributed by atoms with Crippen LogP contribution in [-0.2, 0) is 16.0 Å². The fourth-order valence-corrected chi connectivity index (χ4v) is 3.93. The number of Topliss-reactive ketones (excluding diaryl/α,β-unsaturated/α-hetero) is 2. The summed E-state index contributed by atoms with van der Waals surface area (Å²) in [5.41, 5.74) is 3.09. The molecule has 0 bridgehead atoms. The largest absolute Gasteiger partial charge is 0.458 e. The molecule has 6 nitrogen and oxygen atoms in total. The first-order valence-electron chi connectivity index (χ1n) is 9.35. The zero-order valence-electron chi connectivity index (χ0n) is 15.5. The van der Waals surface area contributed by atoms with Gasteiger partial charge < -0.3 is 20.3 Å². The fourth-order valence-electron chi connectivity index (χ4n) is 3.93. The van der Waals surface area contributed by atoms with Gasteiger partial charge in [-0.25, -0.2) is 0 Å². The minimum Gasteiger partial charge on any atom is -0.427 e. The zero-order chi connectivity index (χ0) is 18.7. The maximum Gasteiger partial charge on any atom is 0.458 e. The van der Waals surface area contributed by atoms with Crippen LogP contribution in [0.15, 0.2) is 18.2 Å². The van der Waals surface area contributed by atoms with Crippen molar-refractivity contribution in [2.75, 3.05) is 13.6 Å². The molecule has 1 aromatic carbocycles. The Balaban J connectivity index is 1.62. The SMILES string of the molecule is CNCC1NCc2ccc(C(=O)C[C@H]3CC[C@@H](CC(C)=O)OB3O)cc21. The molecule has 3 N–H and O–H groups in total. The number of ketones is 2. The highest BCUT2D eigenvalue weighted by Crippen LogP contribution is 2.33. The average Bonchev–Trinajstić information content (AvgIpc) is 2.99. The number of carbonyl (C=O) groups is 2. The lowest BCUT2D eigenvalue weighted by atomic mass is 9.64. The zero-order valence-corrected chi connectivity index (χ0v) is 15.5. The van der Waals surface area contributed by atoms with Gasteiger partial charge in [-0.1, -0.05) is 12.1 Å². The molecule has 0 aromatic heterocycles. The van der Waals surface area contributed by atoms with Crippen molar-refractivity contribution >= 4 is 18.7 Å². The van der Waals surface area contributed by atoms with Crippen molar-refractivity contribution in [1.82, 2.24) is 10.6 Å². The lowest BCUT2D eigenvalue weighted by molar-refractivity contribution is -0.118. The molecular formula is C19H27BN2O4. The van der Waals surface area contributed by atoms with Gasteiger partial charge in [0.05, 0.1) is 0 Å². The molecule has 0 amide bonds. The van der Waals surface area contributed by atoms with Gasteiger partial charge in [0.15, 0.2) is 5.78 Å². The molecule has 2 aliphatic heterocycles. The first kappa shape index (κ1) is 19.2. The number of hydrogen-bond donors (Lipinski definition) is 3. The summed E-state index contributed by atoms with van der Waals surface area (Å²) in [5, 5.41) is 16.8. The molecule has 2 heterocycles. The summed E-state index contributed by atoms with van der Waals surface area (Å²) in [6, 6.07) is 6.09. The molecule has 0 aliphatic carbocycles. The van der Waals surface area contributed by atoms with E-state index in [9.17, 15) is 14.6 Å². The van der Waals surface area contributed by atoms with E-state index in [0.29, 0.717) is 24.8 Å². The van der Waals surface area contributed by atoms with Crippen molar-refractivity contribution < 1.29 is 19.3 Å². The summed E-state index contributed by atoms with van der Waals surface area (Å²) in [5.74, 6) is -0.134. The highest BCUT2D eigenvalue weighted by molar-refractivity contribution is 6.45. The van der Waals surface area contributed by atoms with Crippen molar-refractivity contribution in [1.29, 1.82) is 0 Å². The number of fused-ring (bicyclic) bond motifs is 1. The van der Waals surface area contributed by atoms with E-state index in [1.54, 1.807) is 0 Å². The van der Waals surface area contributed by atoms with Gasteiger partial charge in [0.2, 0.25) is 0 Å². The first-order chi connectivity index (χ1) is 12.5. The average molecular weight is 358 g/mol. The van der Waals surface area contributed by atoms with Crippen molar-refractivity contribution in [2.24, 2.45) is 0 Å². The third-order valence-electron chi connectivity index (χ3n) is 5.35. The molecule has 3 rings (SSSR count). The number of rotatable bonds is 7. The standard InChI is InChI=1S/C19H27BN2O4/c1-12(23)7-16-6-5-15(20(25)26-16)9-19(24)13-3-4-14-10-22-18(11-21-2)17(14)8-13/h3-4,8,15-16,18,21-22,25H,5-7,9-11H2,1-2H3/t15-,16+,18?/m1/s1. The van der Waals surface area contributed by atoms with Gasteiger partial charge in [-0.3, -0.25) is 9.59 Å². The summed E-state index contributed by atoms with van der Waals surface area (Å²) >= 11 is 0. The Labute approximate surface area is 154 Å². The molecule has 0 saturated carbocycles. The van der Waals surface area contributed by atoms with E-state index in [4.69, 9.17) is 4.65 Å². The Kier molecular flexibility index (Phi) is 6.24. The van der Waals surface area contributed by atoms with Crippen LogP contribution < -0.4 is 10.6 Å². The van der Waals surface area contributed by atoms with E-state index in [-0.39, 0.29) is 36.0 Å².